The second-order valence-corrected chi connectivity index (χ2v) is 10.8. The van der Waals surface area contributed by atoms with Crippen molar-refractivity contribution in [2.75, 3.05) is 46.9 Å². The second kappa shape index (κ2) is 11.2. The van der Waals surface area contributed by atoms with Crippen LogP contribution in [0.1, 0.15) is 43.3 Å². The van der Waals surface area contributed by atoms with Crippen LogP contribution < -0.4 is 10.1 Å². The first kappa shape index (κ1) is 25.2. The molecule has 1 aromatic carbocycles. The molecule has 33 heavy (non-hydrogen) atoms. The zero-order chi connectivity index (χ0) is 24.0. The number of piperidine rings is 1. The van der Waals surface area contributed by atoms with Gasteiger partial charge in [0.15, 0.2) is 0 Å². The van der Waals surface area contributed by atoms with Crippen LogP contribution in [0, 0.1) is 11.3 Å². The second-order valence-electron chi connectivity index (χ2n) is 9.79. The highest BCUT2D eigenvalue weighted by Crippen LogP contribution is 2.37. The molecule has 0 saturated carbocycles. The molecule has 2 aromatic rings. The third kappa shape index (κ3) is 6.81. The maximum Gasteiger partial charge on any atom is 0.267 e. The molecule has 0 spiro atoms. The summed E-state index contributed by atoms with van der Waals surface area (Å²) in [6.45, 7) is 9.50. The fourth-order valence-electron chi connectivity index (χ4n) is 4.40. The zero-order valence-corrected chi connectivity index (χ0v) is 21.3. The molecule has 6 nitrogen and oxygen atoms in total. The first-order valence-corrected chi connectivity index (χ1v) is 12.6. The molecule has 180 valence electrons. The predicted octanol–water partition coefficient (Wildman–Crippen LogP) is 4.37. The van der Waals surface area contributed by atoms with Crippen molar-refractivity contribution in [1.29, 1.82) is 0 Å². The number of carbonyl (C=O) groups is 2. The highest BCUT2D eigenvalue weighted by molar-refractivity contribution is 7.17. The Morgan fingerprint density at radius 2 is 1.85 bits per heavy atom. The van der Waals surface area contributed by atoms with Gasteiger partial charge in [0.05, 0.1) is 6.61 Å². The summed E-state index contributed by atoms with van der Waals surface area (Å²) in [6.07, 6.45) is 1.37. The molecule has 0 atom stereocenters. The Morgan fingerprint density at radius 1 is 1.18 bits per heavy atom. The molecule has 1 aliphatic rings. The lowest BCUT2D eigenvalue weighted by atomic mass is 9.91. The van der Waals surface area contributed by atoms with Crippen molar-refractivity contribution in [3.63, 3.8) is 0 Å². The number of carbonyl (C=O) groups excluding carboxylic acids is 2. The molecule has 1 aromatic heterocycles. The van der Waals surface area contributed by atoms with Gasteiger partial charge in [-0.3, -0.25) is 9.59 Å². The molecule has 1 aliphatic heterocycles. The average molecular weight is 472 g/mol. The van der Waals surface area contributed by atoms with Gasteiger partial charge in [0.25, 0.3) is 5.91 Å². The molecular weight excluding hydrogens is 434 g/mol. The van der Waals surface area contributed by atoms with E-state index >= 15 is 0 Å². The highest BCUT2D eigenvalue weighted by atomic mass is 32.1. The van der Waals surface area contributed by atoms with Gasteiger partial charge in [-0.1, -0.05) is 44.2 Å². The van der Waals surface area contributed by atoms with Crippen molar-refractivity contribution in [2.45, 2.75) is 33.6 Å². The number of thiophene rings is 1. The molecular formula is C26H37N3O3S. The van der Waals surface area contributed by atoms with Crippen molar-refractivity contribution in [2.24, 2.45) is 11.3 Å². The molecule has 1 N–H and O–H groups in total. The number of hydrogen-bond acceptors (Lipinski definition) is 5. The molecule has 3 rings (SSSR count). The van der Waals surface area contributed by atoms with E-state index in [4.69, 9.17) is 4.74 Å². The summed E-state index contributed by atoms with van der Waals surface area (Å²) in [5.74, 6) is 0.705. The molecule has 0 bridgehead atoms. The average Bonchev–Trinajstić information content (AvgIpc) is 3.21. The summed E-state index contributed by atoms with van der Waals surface area (Å²) in [4.78, 5) is 31.7. The van der Waals surface area contributed by atoms with Crippen molar-refractivity contribution < 1.29 is 14.3 Å². The third-order valence-corrected chi connectivity index (χ3v) is 7.04. The van der Waals surface area contributed by atoms with Gasteiger partial charge in [0.1, 0.15) is 10.6 Å². The summed E-state index contributed by atoms with van der Waals surface area (Å²) >= 11 is 1.48. The lowest BCUT2D eigenvalue weighted by Crippen LogP contribution is -2.46. The van der Waals surface area contributed by atoms with E-state index in [1.54, 1.807) is 0 Å². The topological polar surface area (TPSA) is 61.9 Å². The Balaban J connectivity index is 1.60. The Morgan fingerprint density at radius 3 is 2.45 bits per heavy atom. The van der Waals surface area contributed by atoms with Gasteiger partial charge in [-0.15, -0.1) is 11.3 Å². The van der Waals surface area contributed by atoms with Gasteiger partial charge in [0.2, 0.25) is 5.91 Å². The summed E-state index contributed by atoms with van der Waals surface area (Å²) in [7, 11) is 4.09. The SMILES string of the molecule is CCOc1cc(-c2ccccc2)sc1C(=O)N1CCC(C(=O)NCC(C)(C)CN(C)C)CC1. The number of amides is 2. The van der Waals surface area contributed by atoms with Crippen LogP contribution in [-0.2, 0) is 4.79 Å². The van der Waals surface area contributed by atoms with Crippen molar-refractivity contribution in [3.8, 4) is 16.2 Å². The van der Waals surface area contributed by atoms with Crippen LogP contribution in [-0.4, -0.2) is 68.5 Å². The van der Waals surface area contributed by atoms with Crippen molar-refractivity contribution in [1.82, 2.24) is 15.1 Å². The summed E-state index contributed by atoms with van der Waals surface area (Å²) in [5, 5.41) is 3.13. The smallest absolute Gasteiger partial charge is 0.267 e. The van der Waals surface area contributed by atoms with Crippen LogP contribution in [0.4, 0.5) is 0 Å². The number of ether oxygens (including phenoxy) is 1. The minimum atomic E-state index is -0.0428. The number of likely N-dealkylation sites (tertiary alicyclic amines) is 1. The maximum atomic E-state index is 13.3. The van der Waals surface area contributed by atoms with E-state index in [0.717, 1.165) is 17.0 Å². The van der Waals surface area contributed by atoms with Crippen LogP contribution in [0.25, 0.3) is 10.4 Å². The fraction of sp³-hybridized carbons (Fsp3) is 0.538. The van der Waals surface area contributed by atoms with Gasteiger partial charge in [-0.25, -0.2) is 0 Å². The largest absolute Gasteiger partial charge is 0.492 e. The van der Waals surface area contributed by atoms with E-state index in [0.29, 0.717) is 49.7 Å². The molecule has 0 radical (unpaired) electrons. The van der Waals surface area contributed by atoms with E-state index in [2.05, 4.69) is 24.1 Å². The van der Waals surface area contributed by atoms with E-state index in [9.17, 15) is 9.59 Å². The maximum absolute atomic E-state index is 13.3. The van der Waals surface area contributed by atoms with Gasteiger partial charge < -0.3 is 19.9 Å². The van der Waals surface area contributed by atoms with Crippen LogP contribution in [0.3, 0.4) is 0 Å². The minimum absolute atomic E-state index is 0.00314. The number of benzene rings is 1. The van der Waals surface area contributed by atoms with E-state index < -0.39 is 0 Å². The van der Waals surface area contributed by atoms with Crippen LogP contribution in [0.5, 0.6) is 5.75 Å². The zero-order valence-electron chi connectivity index (χ0n) is 20.5. The third-order valence-electron chi connectivity index (χ3n) is 5.89. The number of nitrogens with one attached hydrogen (secondary N) is 1. The van der Waals surface area contributed by atoms with Gasteiger partial charge in [0, 0.05) is 37.0 Å². The fourth-order valence-corrected chi connectivity index (χ4v) is 5.48. The normalized spacial score (nSPS) is 15.0. The van der Waals surface area contributed by atoms with Crippen LogP contribution >= 0.6 is 11.3 Å². The van der Waals surface area contributed by atoms with E-state index in [1.807, 2.05) is 62.3 Å². The first-order valence-electron chi connectivity index (χ1n) is 11.7. The molecule has 0 unspecified atom stereocenters. The Bertz CT molecular complexity index is 932. The predicted molar refractivity (Wildman–Crippen MR) is 135 cm³/mol. The number of nitrogens with zero attached hydrogens (tertiary/aromatic N) is 2. The lowest BCUT2D eigenvalue weighted by Gasteiger charge is -2.33. The minimum Gasteiger partial charge on any atom is -0.492 e. The van der Waals surface area contributed by atoms with Crippen LogP contribution in [0.2, 0.25) is 0 Å². The van der Waals surface area contributed by atoms with Gasteiger partial charge >= 0.3 is 0 Å². The number of rotatable bonds is 9. The summed E-state index contributed by atoms with van der Waals surface area (Å²) in [6, 6.07) is 12.0. The van der Waals surface area contributed by atoms with Gasteiger partial charge in [-0.2, -0.15) is 0 Å². The standard InChI is InChI=1S/C26H37N3O3S/c1-6-32-21-16-22(19-10-8-7-9-11-19)33-23(21)25(31)29-14-12-20(13-15-29)24(30)27-17-26(2,3)18-28(4)5/h7-11,16,20H,6,12-15,17-18H2,1-5H3,(H,27,30). The molecule has 1 saturated heterocycles. The van der Waals surface area contributed by atoms with Gasteiger partial charge in [-0.05, 0) is 50.9 Å². The molecule has 0 aliphatic carbocycles. The molecule has 7 heteroatoms. The van der Waals surface area contributed by atoms with E-state index in [1.165, 1.54) is 11.3 Å². The summed E-state index contributed by atoms with van der Waals surface area (Å²) < 4.78 is 5.80. The monoisotopic (exact) mass is 471 g/mol. The highest BCUT2D eigenvalue weighted by Gasteiger charge is 2.31. The Hall–Kier alpha value is -2.38. The summed E-state index contributed by atoms with van der Waals surface area (Å²) in [5.41, 5.74) is 1.09. The van der Waals surface area contributed by atoms with Crippen LogP contribution in [0.15, 0.2) is 36.4 Å². The molecule has 1 fully saturated rings. The Kier molecular flexibility index (Phi) is 8.54. The quantitative estimate of drug-likeness (QED) is 0.590. The molecule has 2 amide bonds. The van der Waals surface area contributed by atoms with Crippen molar-refractivity contribution >= 4 is 23.2 Å². The first-order chi connectivity index (χ1) is 15.7. The van der Waals surface area contributed by atoms with Crippen molar-refractivity contribution in [3.05, 3.63) is 41.3 Å². The number of hydrogen-bond donors (Lipinski definition) is 1. The van der Waals surface area contributed by atoms with E-state index in [-0.39, 0.29) is 23.1 Å². The lowest BCUT2D eigenvalue weighted by molar-refractivity contribution is -0.126. The Labute approximate surface area is 201 Å². The molecule has 2 heterocycles.